The van der Waals surface area contributed by atoms with E-state index in [1.54, 1.807) is 11.8 Å². The number of rotatable bonds is 3. The van der Waals surface area contributed by atoms with Gasteiger partial charge in [0.15, 0.2) is 0 Å². The molecule has 0 radical (unpaired) electrons. The normalized spacial score (nSPS) is 19.1. The van der Waals surface area contributed by atoms with Crippen molar-refractivity contribution in [1.29, 1.82) is 0 Å². The fraction of sp³-hybridized carbons (Fsp3) is 0.467. The lowest BCUT2D eigenvalue weighted by Crippen LogP contribution is -2.36. The summed E-state index contributed by atoms with van der Waals surface area (Å²) < 4.78 is 13.1. The van der Waals surface area contributed by atoms with E-state index in [9.17, 15) is 14.0 Å². The second kappa shape index (κ2) is 6.67. The number of hydrogen-bond donors (Lipinski definition) is 2. The number of amides is 1. The molecule has 0 aliphatic carbocycles. The molecule has 2 N–H and O–H groups in total. The van der Waals surface area contributed by atoms with Crippen LogP contribution in [0.3, 0.4) is 0 Å². The number of carbonyl (C=O) groups excluding carboxylic acids is 1. The van der Waals surface area contributed by atoms with E-state index in [2.05, 4.69) is 5.32 Å². The van der Waals surface area contributed by atoms with E-state index in [1.165, 1.54) is 18.2 Å². The molecule has 0 unspecified atom stereocenters. The number of benzene rings is 1. The molecule has 1 fully saturated rings. The summed E-state index contributed by atoms with van der Waals surface area (Å²) in [4.78, 5) is 25.0. The van der Waals surface area contributed by atoms with Crippen molar-refractivity contribution in [2.45, 2.75) is 13.3 Å². The van der Waals surface area contributed by atoms with Crippen LogP contribution < -0.4 is 5.32 Å². The summed E-state index contributed by atoms with van der Waals surface area (Å²) >= 11 is 0. The Bertz CT molecular complexity index is 548. The molecule has 1 aliphatic heterocycles. The predicted molar refractivity (Wildman–Crippen MR) is 75.7 cm³/mol. The summed E-state index contributed by atoms with van der Waals surface area (Å²) in [5, 5.41) is 12.0. The van der Waals surface area contributed by atoms with Crippen LogP contribution in [0.15, 0.2) is 18.2 Å². The van der Waals surface area contributed by atoms with Crippen LogP contribution in [-0.2, 0) is 4.79 Å². The van der Waals surface area contributed by atoms with E-state index >= 15 is 0 Å². The number of nitrogens with one attached hydrogen (secondary N) is 1. The van der Waals surface area contributed by atoms with Crippen LogP contribution in [0.4, 0.5) is 4.39 Å². The highest BCUT2D eigenvalue weighted by molar-refractivity contribution is 5.95. The van der Waals surface area contributed by atoms with Crippen molar-refractivity contribution in [3.8, 4) is 0 Å². The Labute approximate surface area is 122 Å². The number of carboxylic acids is 1. The molecule has 1 aromatic carbocycles. The van der Waals surface area contributed by atoms with Gasteiger partial charge in [0, 0.05) is 31.7 Å². The first-order chi connectivity index (χ1) is 9.97. The molecule has 0 spiro atoms. The minimum atomic E-state index is -0.867. The van der Waals surface area contributed by atoms with Crippen molar-refractivity contribution < 1.29 is 19.1 Å². The molecule has 0 bridgehead atoms. The van der Waals surface area contributed by atoms with Crippen LogP contribution in [0, 0.1) is 18.7 Å². The van der Waals surface area contributed by atoms with E-state index in [-0.39, 0.29) is 24.1 Å². The molecular weight excluding hydrogens is 275 g/mol. The van der Waals surface area contributed by atoms with Gasteiger partial charge in [0.1, 0.15) is 5.82 Å². The number of aliphatic carboxylic acids is 1. The molecule has 1 amide bonds. The Hall–Kier alpha value is -1.95. The summed E-state index contributed by atoms with van der Waals surface area (Å²) in [5.74, 6) is -1.53. The fourth-order valence-corrected chi connectivity index (χ4v) is 2.59. The molecule has 1 saturated heterocycles. The van der Waals surface area contributed by atoms with Gasteiger partial charge in [-0.1, -0.05) is 0 Å². The number of aryl methyl sites for hydroxylation is 1. The SMILES string of the molecule is Cc1cc(F)ccc1C(=O)N1CCNC[C@@H](CC(=O)O)C1. The Morgan fingerprint density at radius 2 is 2.24 bits per heavy atom. The molecule has 2 rings (SSSR count). The zero-order valence-electron chi connectivity index (χ0n) is 11.9. The lowest BCUT2D eigenvalue weighted by molar-refractivity contribution is -0.138. The van der Waals surface area contributed by atoms with E-state index in [0.717, 1.165) is 0 Å². The second-order valence-electron chi connectivity index (χ2n) is 5.38. The average Bonchev–Trinajstić information content (AvgIpc) is 2.63. The largest absolute Gasteiger partial charge is 0.481 e. The average molecular weight is 294 g/mol. The lowest BCUT2D eigenvalue weighted by atomic mass is 10.0. The molecule has 0 aromatic heterocycles. The Morgan fingerprint density at radius 3 is 2.90 bits per heavy atom. The zero-order valence-corrected chi connectivity index (χ0v) is 11.9. The summed E-state index contributed by atoms with van der Waals surface area (Å²) in [7, 11) is 0. The predicted octanol–water partition coefficient (Wildman–Crippen LogP) is 1.27. The van der Waals surface area contributed by atoms with Crippen molar-refractivity contribution in [2.24, 2.45) is 5.92 Å². The third kappa shape index (κ3) is 4.01. The second-order valence-corrected chi connectivity index (χ2v) is 5.38. The molecule has 1 aliphatic rings. The van der Waals surface area contributed by atoms with Crippen LogP contribution in [-0.4, -0.2) is 48.1 Å². The summed E-state index contributed by atoms with van der Waals surface area (Å²) in [5.41, 5.74) is 1.05. The van der Waals surface area contributed by atoms with Gasteiger partial charge in [0.25, 0.3) is 5.91 Å². The highest BCUT2D eigenvalue weighted by Crippen LogP contribution is 2.16. The molecule has 21 heavy (non-hydrogen) atoms. The van der Waals surface area contributed by atoms with E-state index in [1.807, 2.05) is 0 Å². The van der Waals surface area contributed by atoms with Crippen molar-refractivity contribution >= 4 is 11.9 Å². The van der Waals surface area contributed by atoms with Crippen molar-refractivity contribution in [2.75, 3.05) is 26.2 Å². The van der Waals surface area contributed by atoms with Crippen LogP contribution in [0.25, 0.3) is 0 Å². The van der Waals surface area contributed by atoms with Gasteiger partial charge in [-0.05, 0) is 36.6 Å². The van der Waals surface area contributed by atoms with E-state index in [0.29, 0.717) is 37.3 Å². The monoisotopic (exact) mass is 294 g/mol. The summed E-state index contributed by atoms with van der Waals surface area (Å²) in [6.07, 6.45) is 0.0270. The minimum Gasteiger partial charge on any atom is -0.481 e. The van der Waals surface area contributed by atoms with Crippen molar-refractivity contribution in [1.82, 2.24) is 10.2 Å². The minimum absolute atomic E-state index is 0.0270. The van der Waals surface area contributed by atoms with Crippen LogP contribution in [0.5, 0.6) is 0 Å². The Balaban J connectivity index is 2.14. The number of nitrogens with zero attached hydrogens (tertiary/aromatic N) is 1. The third-order valence-electron chi connectivity index (χ3n) is 3.64. The zero-order chi connectivity index (χ0) is 15.4. The summed E-state index contributed by atoms with van der Waals surface area (Å²) in [6, 6.07) is 4.08. The lowest BCUT2D eigenvalue weighted by Gasteiger charge is -2.24. The highest BCUT2D eigenvalue weighted by Gasteiger charge is 2.25. The molecule has 114 valence electrons. The van der Waals surface area contributed by atoms with Gasteiger partial charge in [-0.15, -0.1) is 0 Å². The maximum Gasteiger partial charge on any atom is 0.303 e. The van der Waals surface area contributed by atoms with Crippen molar-refractivity contribution in [3.63, 3.8) is 0 Å². The van der Waals surface area contributed by atoms with Crippen LogP contribution in [0.1, 0.15) is 22.3 Å². The molecule has 1 atom stereocenters. The maximum absolute atomic E-state index is 13.1. The standard InChI is InChI=1S/C15H19FN2O3/c1-10-6-12(16)2-3-13(10)15(21)18-5-4-17-8-11(9-18)7-14(19)20/h2-3,6,11,17H,4-5,7-9H2,1H3,(H,19,20)/t11-/m1/s1. The molecule has 1 heterocycles. The van der Waals surface area contributed by atoms with E-state index < -0.39 is 5.97 Å². The molecular formula is C15H19FN2O3. The van der Waals surface area contributed by atoms with Gasteiger partial charge in [-0.3, -0.25) is 9.59 Å². The third-order valence-corrected chi connectivity index (χ3v) is 3.64. The molecule has 0 saturated carbocycles. The molecule has 5 nitrogen and oxygen atoms in total. The van der Waals surface area contributed by atoms with Crippen LogP contribution >= 0.6 is 0 Å². The Kier molecular flexibility index (Phi) is 4.90. The van der Waals surface area contributed by atoms with E-state index in [4.69, 9.17) is 5.11 Å². The topological polar surface area (TPSA) is 69.6 Å². The first-order valence-corrected chi connectivity index (χ1v) is 6.95. The number of hydrogen-bond acceptors (Lipinski definition) is 3. The molecule has 6 heteroatoms. The first kappa shape index (κ1) is 15.4. The smallest absolute Gasteiger partial charge is 0.303 e. The Morgan fingerprint density at radius 1 is 1.48 bits per heavy atom. The number of halogens is 1. The first-order valence-electron chi connectivity index (χ1n) is 6.95. The quantitative estimate of drug-likeness (QED) is 0.881. The number of carboxylic acid groups (broad SMARTS) is 1. The van der Waals surface area contributed by atoms with Gasteiger partial charge >= 0.3 is 5.97 Å². The van der Waals surface area contributed by atoms with Gasteiger partial charge in [0.05, 0.1) is 6.42 Å². The number of carbonyl (C=O) groups is 2. The highest BCUT2D eigenvalue weighted by atomic mass is 19.1. The molecule has 1 aromatic rings. The fourth-order valence-electron chi connectivity index (χ4n) is 2.59. The van der Waals surface area contributed by atoms with Gasteiger partial charge in [0.2, 0.25) is 0 Å². The van der Waals surface area contributed by atoms with Gasteiger partial charge in [-0.2, -0.15) is 0 Å². The van der Waals surface area contributed by atoms with Crippen LogP contribution in [0.2, 0.25) is 0 Å². The van der Waals surface area contributed by atoms with Gasteiger partial charge < -0.3 is 15.3 Å². The van der Waals surface area contributed by atoms with Gasteiger partial charge in [-0.25, -0.2) is 4.39 Å². The maximum atomic E-state index is 13.1. The van der Waals surface area contributed by atoms with Crippen molar-refractivity contribution in [3.05, 3.63) is 35.1 Å². The summed E-state index contributed by atoms with van der Waals surface area (Å²) in [6.45, 7) is 3.82.